The van der Waals surface area contributed by atoms with E-state index >= 15 is 0 Å². The SMILES string of the molecule is Nc1nc2ccc(N(CCN3CCOCC3)C(=O)Nc3ccc([N+](=O)[O-])cc3)cc2s1. The number of non-ortho nitro benzene ring substituents is 1. The summed E-state index contributed by atoms with van der Waals surface area (Å²) in [5, 5.41) is 14.2. The van der Waals surface area contributed by atoms with E-state index in [0.717, 1.165) is 29.0 Å². The molecule has 0 aliphatic carbocycles. The number of nitrogen functional groups attached to an aromatic ring is 1. The van der Waals surface area contributed by atoms with Crippen LogP contribution < -0.4 is 16.0 Å². The number of rotatable bonds is 6. The molecule has 2 aromatic carbocycles. The largest absolute Gasteiger partial charge is 0.379 e. The van der Waals surface area contributed by atoms with Gasteiger partial charge in [0.15, 0.2) is 5.13 Å². The standard InChI is InChI=1S/C20H22N6O4S/c21-19-23-17-6-5-16(13-18(17)31-19)25(8-7-24-9-11-30-12-10-24)20(27)22-14-1-3-15(4-2-14)26(28)29/h1-6,13H,7-12H2,(H2,21,23)(H,22,27). The van der Waals surface area contributed by atoms with E-state index in [1.807, 2.05) is 18.2 Å². The highest BCUT2D eigenvalue weighted by atomic mass is 32.1. The predicted molar refractivity (Wildman–Crippen MR) is 121 cm³/mol. The summed E-state index contributed by atoms with van der Waals surface area (Å²) >= 11 is 1.37. The maximum absolute atomic E-state index is 13.1. The van der Waals surface area contributed by atoms with Crippen LogP contribution in [0, 0.1) is 10.1 Å². The fourth-order valence-electron chi connectivity index (χ4n) is 3.37. The molecular formula is C20H22N6O4S. The Kier molecular flexibility index (Phi) is 6.26. The molecule has 1 saturated heterocycles. The third kappa shape index (κ3) is 5.08. The number of nitro benzene ring substituents is 1. The first-order valence-electron chi connectivity index (χ1n) is 9.79. The van der Waals surface area contributed by atoms with Crippen LogP contribution >= 0.6 is 11.3 Å². The van der Waals surface area contributed by atoms with E-state index in [2.05, 4.69) is 15.2 Å². The highest BCUT2D eigenvalue weighted by molar-refractivity contribution is 7.22. The van der Waals surface area contributed by atoms with Gasteiger partial charge in [-0.1, -0.05) is 11.3 Å². The molecule has 1 fully saturated rings. The van der Waals surface area contributed by atoms with Crippen molar-refractivity contribution in [3.05, 3.63) is 52.6 Å². The molecule has 0 radical (unpaired) electrons. The second-order valence-corrected chi connectivity index (χ2v) is 8.11. The normalized spacial score (nSPS) is 14.5. The van der Waals surface area contributed by atoms with E-state index < -0.39 is 4.92 Å². The van der Waals surface area contributed by atoms with Gasteiger partial charge in [0.2, 0.25) is 0 Å². The van der Waals surface area contributed by atoms with E-state index in [1.54, 1.807) is 4.90 Å². The van der Waals surface area contributed by atoms with Crippen LogP contribution in [0.5, 0.6) is 0 Å². The second-order valence-electron chi connectivity index (χ2n) is 7.04. The molecule has 1 aliphatic rings. The number of thiazole rings is 1. The van der Waals surface area contributed by atoms with Gasteiger partial charge in [-0.3, -0.25) is 19.9 Å². The van der Waals surface area contributed by atoms with Crippen molar-refractivity contribution >= 4 is 49.8 Å². The first-order chi connectivity index (χ1) is 15.0. The zero-order valence-electron chi connectivity index (χ0n) is 16.7. The van der Waals surface area contributed by atoms with Gasteiger partial charge in [-0.05, 0) is 30.3 Å². The number of fused-ring (bicyclic) bond motifs is 1. The highest BCUT2D eigenvalue weighted by Crippen LogP contribution is 2.28. The Morgan fingerprint density at radius 1 is 1.26 bits per heavy atom. The number of nitro groups is 1. The molecule has 3 aromatic rings. The third-order valence-corrected chi connectivity index (χ3v) is 5.87. The Hall–Kier alpha value is -3.28. The lowest BCUT2D eigenvalue weighted by Crippen LogP contribution is -2.44. The maximum Gasteiger partial charge on any atom is 0.326 e. The number of hydrogen-bond donors (Lipinski definition) is 2. The molecule has 0 atom stereocenters. The summed E-state index contributed by atoms with van der Waals surface area (Å²) in [6.45, 7) is 4.17. The number of carbonyl (C=O) groups excluding carboxylic acids is 1. The van der Waals surface area contributed by atoms with Crippen molar-refractivity contribution in [3.8, 4) is 0 Å². The van der Waals surface area contributed by atoms with Crippen LogP contribution in [0.2, 0.25) is 0 Å². The Bertz CT molecular complexity index is 1080. The van der Waals surface area contributed by atoms with Crippen molar-refractivity contribution in [2.45, 2.75) is 0 Å². The monoisotopic (exact) mass is 442 g/mol. The summed E-state index contributed by atoms with van der Waals surface area (Å²) in [4.78, 5) is 31.7. The minimum absolute atomic E-state index is 0.0320. The number of anilines is 3. The van der Waals surface area contributed by atoms with Gasteiger partial charge in [0, 0.05) is 49.7 Å². The summed E-state index contributed by atoms with van der Waals surface area (Å²) in [6.07, 6.45) is 0. The molecule has 0 bridgehead atoms. The van der Waals surface area contributed by atoms with Crippen LogP contribution in [0.1, 0.15) is 0 Å². The van der Waals surface area contributed by atoms with Crippen molar-refractivity contribution in [1.29, 1.82) is 0 Å². The molecular weight excluding hydrogens is 420 g/mol. The van der Waals surface area contributed by atoms with Gasteiger partial charge in [-0.25, -0.2) is 9.78 Å². The van der Waals surface area contributed by atoms with Gasteiger partial charge in [-0.2, -0.15) is 0 Å². The van der Waals surface area contributed by atoms with Crippen molar-refractivity contribution in [2.24, 2.45) is 0 Å². The van der Waals surface area contributed by atoms with Crippen molar-refractivity contribution in [1.82, 2.24) is 9.88 Å². The van der Waals surface area contributed by atoms with Gasteiger partial charge in [-0.15, -0.1) is 0 Å². The summed E-state index contributed by atoms with van der Waals surface area (Å²) in [6, 6.07) is 11.0. The van der Waals surface area contributed by atoms with Crippen molar-refractivity contribution in [3.63, 3.8) is 0 Å². The molecule has 2 heterocycles. The first-order valence-corrected chi connectivity index (χ1v) is 10.6. The number of morpholine rings is 1. The third-order valence-electron chi connectivity index (χ3n) is 5.02. The Morgan fingerprint density at radius 3 is 2.71 bits per heavy atom. The van der Waals surface area contributed by atoms with E-state index in [9.17, 15) is 14.9 Å². The molecule has 0 spiro atoms. The molecule has 1 aliphatic heterocycles. The van der Waals surface area contributed by atoms with Gasteiger partial charge in [0.25, 0.3) is 5.69 Å². The molecule has 1 aromatic heterocycles. The summed E-state index contributed by atoms with van der Waals surface area (Å²) in [5.41, 5.74) is 7.78. The zero-order valence-corrected chi connectivity index (χ0v) is 17.5. The van der Waals surface area contributed by atoms with E-state index in [0.29, 0.717) is 37.1 Å². The summed E-state index contributed by atoms with van der Waals surface area (Å²) in [5.74, 6) is 0. The Labute approximate surface area is 182 Å². The van der Waals surface area contributed by atoms with E-state index in [-0.39, 0.29) is 11.7 Å². The topological polar surface area (TPSA) is 127 Å². The molecule has 31 heavy (non-hydrogen) atoms. The summed E-state index contributed by atoms with van der Waals surface area (Å²) in [7, 11) is 0. The number of benzene rings is 2. The second kappa shape index (κ2) is 9.25. The maximum atomic E-state index is 13.1. The van der Waals surface area contributed by atoms with Crippen LogP contribution in [0.25, 0.3) is 10.2 Å². The number of nitrogens with two attached hydrogens (primary N) is 1. The number of aromatic nitrogens is 1. The van der Waals surface area contributed by atoms with E-state index in [4.69, 9.17) is 10.5 Å². The summed E-state index contributed by atoms with van der Waals surface area (Å²) < 4.78 is 6.29. The molecule has 10 nitrogen and oxygen atoms in total. The fourth-order valence-corrected chi connectivity index (χ4v) is 4.14. The van der Waals surface area contributed by atoms with Crippen molar-refractivity contribution in [2.75, 3.05) is 55.3 Å². The van der Waals surface area contributed by atoms with Crippen LogP contribution in [0.3, 0.4) is 0 Å². The number of nitrogens with zero attached hydrogens (tertiary/aromatic N) is 4. The lowest BCUT2D eigenvalue weighted by atomic mass is 10.2. The number of nitrogens with one attached hydrogen (secondary N) is 1. The highest BCUT2D eigenvalue weighted by Gasteiger charge is 2.20. The van der Waals surface area contributed by atoms with Gasteiger partial charge in [0.1, 0.15) is 0 Å². The molecule has 2 amide bonds. The molecule has 0 saturated carbocycles. The minimum atomic E-state index is -0.476. The molecule has 11 heteroatoms. The van der Waals surface area contributed by atoms with Crippen molar-refractivity contribution < 1.29 is 14.5 Å². The minimum Gasteiger partial charge on any atom is -0.379 e. The smallest absolute Gasteiger partial charge is 0.326 e. The fraction of sp³-hybridized carbons (Fsp3) is 0.300. The van der Waals surface area contributed by atoms with Gasteiger partial charge in [0.05, 0.1) is 28.4 Å². The average Bonchev–Trinajstić information content (AvgIpc) is 3.14. The number of amides is 2. The first kappa shape index (κ1) is 21.0. The van der Waals surface area contributed by atoms with Gasteiger partial charge < -0.3 is 15.8 Å². The predicted octanol–water partition coefficient (Wildman–Crippen LogP) is 3.16. The van der Waals surface area contributed by atoms with E-state index in [1.165, 1.54) is 35.6 Å². The molecule has 3 N–H and O–H groups in total. The Morgan fingerprint density at radius 2 is 2.00 bits per heavy atom. The lowest BCUT2D eigenvalue weighted by Gasteiger charge is -2.30. The van der Waals surface area contributed by atoms with Crippen LogP contribution in [-0.4, -0.2) is 60.2 Å². The number of urea groups is 1. The van der Waals surface area contributed by atoms with Crippen LogP contribution in [-0.2, 0) is 4.74 Å². The number of ether oxygens (including phenoxy) is 1. The molecule has 4 rings (SSSR count). The number of carbonyl (C=O) groups is 1. The molecule has 0 unspecified atom stereocenters. The molecule has 162 valence electrons. The van der Waals surface area contributed by atoms with Crippen LogP contribution in [0.15, 0.2) is 42.5 Å². The zero-order chi connectivity index (χ0) is 21.8. The van der Waals surface area contributed by atoms with Gasteiger partial charge >= 0.3 is 6.03 Å². The Balaban J connectivity index is 1.55. The lowest BCUT2D eigenvalue weighted by molar-refractivity contribution is -0.384. The van der Waals surface area contributed by atoms with Crippen LogP contribution in [0.4, 0.5) is 27.0 Å². The quantitative estimate of drug-likeness (QED) is 0.443. The average molecular weight is 443 g/mol. The number of hydrogen-bond acceptors (Lipinski definition) is 8.